The van der Waals surface area contributed by atoms with Gasteiger partial charge < -0.3 is 5.11 Å². The molecular formula is C11H8F4N2O3. The number of alkyl halides is 3. The summed E-state index contributed by atoms with van der Waals surface area (Å²) >= 11 is 0. The summed E-state index contributed by atoms with van der Waals surface area (Å²) in [4.78, 5) is 26.3. The number of carboxylic acid groups (broad SMARTS) is 1. The van der Waals surface area contributed by atoms with Crippen LogP contribution in [0, 0.1) is 5.82 Å². The third kappa shape index (κ3) is 2.43. The second-order valence-corrected chi connectivity index (χ2v) is 4.18. The Morgan fingerprint density at radius 2 is 2.10 bits per heavy atom. The number of carbonyl (C=O) groups is 2. The number of carboxylic acids is 1. The van der Waals surface area contributed by atoms with Gasteiger partial charge in [0, 0.05) is 12.6 Å². The van der Waals surface area contributed by atoms with E-state index in [4.69, 9.17) is 5.11 Å². The first-order valence-corrected chi connectivity index (χ1v) is 5.49. The molecule has 0 aromatic carbocycles. The second kappa shape index (κ2) is 4.73. The Labute approximate surface area is 109 Å². The van der Waals surface area contributed by atoms with Crippen LogP contribution in [0.2, 0.25) is 0 Å². The first kappa shape index (κ1) is 14.2. The summed E-state index contributed by atoms with van der Waals surface area (Å²) in [6.07, 6.45) is -4.58. The van der Waals surface area contributed by atoms with Crippen molar-refractivity contribution >= 4 is 17.7 Å². The van der Waals surface area contributed by atoms with E-state index in [2.05, 4.69) is 4.98 Å². The zero-order valence-electron chi connectivity index (χ0n) is 9.82. The van der Waals surface area contributed by atoms with Gasteiger partial charge in [0.2, 0.25) is 5.91 Å². The van der Waals surface area contributed by atoms with E-state index in [0.29, 0.717) is 11.1 Å². The van der Waals surface area contributed by atoms with Crippen molar-refractivity contribution in [3.63, 3.8) is 0 Å². The molecule has 0 saturated carbocycles. The molecule has 2 heterocycles. The highest BCUT2D eigenvalue weighted by atomic mass is 19.4. The van der Waals surface area contributed by atoms with Gasteiger partial charge in [-0.3, -0.25) is 9.69 Å². The minimum absolute atomic E-state index is 0.0453. The molecule has 1 aliphatic rings. The van der Waals surface area contributed by atoms with Crippen molar-refractivity contribution in [1.82, 2.24) is 4.98 Å². The smallest absolute Gasteiger partial charge is 0.417 e. The van der Waals surface area contributed by atoms with Crippen molar-refractivity contribution < 1.29 is 32.3 Å². The van der Waals surface area contributed by atoms with Gasteiger partial charge in [-0.2, -0.15) is 13.2 Å². The summed E-state index contributed by atoms with van der Waals surface area (Å²) in [6, 6.07) is -1.13. The molecule has 1 N–H and O–H groups in total. The zero-order valence-corrected chi connectivity index (χ0v) is 9.82. The summed E-state index contributed by atoms with van der Waals surface area (Å²) in [6.45, 7) is 0. The van der Waals surface area contributed by atoms with Crippen LogP contribution in [0.5, 0.6) is 0 Å². The molecule has 1 atom stereocenters. The number of amides is 1. The van der Waals surface area contributed by atoms with Gasteiger partial charge in [0.15, 0.2) is 11.6 Å². The maximum absolute atomic E-state index is 13.7. The molecule has 0 radical (unpaired) electrons. The van der Waals surface area contributed by atoms with E-state index in [9.17, 15) is 27.2 Å². The van der Waals surface area contributed by atoms with Crippen LogP contribution in [0.25, 0.3) is 0 Å². The Bertz CT molecular complexity index is 573. The summed E-state index contributed by atoms with van der Waals surface area (Å²) in [5, 5.41) is 8.91. The fraction of sp³-hybridized carbons (Fsp3) is 0.364. The highest BCUT2D eigenvalue weighted by Gasteiger charge is 2.40. The van der Waals surface area contributed by atoms with Crippen LogP contribution in [0.3, 0.4) is 0 Å². The van der Waals surface area contributed by atoms with Crippen LogP contribution in [0.1, 0.15) is 18.4 Å². The number of anilines is 1. The largest absolute Gasteiger partial charge is 0.480 e. The highest BCUT2D eigenvalue weighted by Crippen LogP contribution is 2.33. The van der Waals surface area contributed by atoms with Crippen molar-refractivity contribution in [2.45, 2.75) is 25.1 Å². The SMILES string of the molecule is O=C(O)C1CCC(=O)N1c1ncc(C(F)(F)F)cc1F. The van der Waals surface area contributed by atoms with E-state index in [0.717, 1.165) is 0 Å². The number of aromatic nitrogens is 1. The third-order valence-electron chi connectivity index (χ3n) is 2.87. The normalized spacial score (nSPS) is 19.5. The van der Waals surface area contributed by atoms with Crippen molar-refractivity contribution in [2.24, 2.45) is 0 Å². The molecule has 2 rings (SSSR count). The third-order valence-corrected chi connectivity index (χ3v) is 2.87. The lowest BCUT2D eigenvalue weighted by Crippen LogP contribution is -2.39. The Morgan fingerprint density at radius 1 is 1.45 bits per heavy atom. The molecule has 5 nitrogen and oxygen atoms in total. The molecule has 20 heavy (non-hydrogen) atoms. The number of rotatable bonds is 2. The molecule has 1 amide bonds. The fourth-order valence-electron chi connectivity index (χ4n) is 1.95. The van der Waals surface area contributed by atoms with Crippen LogP contribution in [-0.2, 0) is 15.8 Å². The molecule has 1 aromatic heterocycles. The zero-order chi connectivity index (χ0) is 15.1. The fourth-order valence-corrected chi connectivity index (χ4v) is 1.95. The number of aliphatic carboxylic acids is 1. The highest BCUT2D eigenvalue weighted by molar-refractivity contribution is 6.01. The van der Waals surface area contributed by atoms with Crippen LogP contribution in [0.15, 0.2) is 12.3 Å². The van der Waals surface area contributed by atoms with E-state index in [1.165, 1.54) is 0 Å². The second-order valence-electron chi connectivity index (χ2n) is 4.18. The lowest BCUT2D eigenvalue weighted by Gasteiger charge is -2.21. The number of hydrogen-bond donors (Lipinski definition) is 1. The van der Waals surface area contributed by atoms with E-state index >= 15 is 0 Å². The summed E-state index contributed by atoms with van der Waals surface area (Å²) < 4.78 is 50.8. The van der Waals surface area contributed by atoms with Gasteiger partial charge in [0.1, 0.15) is 6.04 Å². The predicted octanol–water partition coefficient (Wildman–Crippen LogP) is 1.82. The van der Waals surface area contributed by atoms with Gasteiger partial charge in [-0.1, -0.05) is 0 Å². The molecule has 0 spiro atoms. The van der Waals surface area contributed by atoms with Crippen molar-refractivity contribution in [1.29, 1.82) is 0 Å². The summed E-state index contributed by atoms with van der Waals surface area (Å²) in [5.41, 5.74) is -1.31. The standard InChI is InChI=1S/C11H8F4N2O3/c12-6-3-5(11(13,14)15)4-16-9(6)17-7(10(19)20)1-2-8(17)18/h3-4,7H,1-2H2,(H,19,20). The first-order valence-electron chi connectivity index (χ1n) is 5.49. The first-order chi connectivity index (χ1) is 9.21. The maximum atomic E-state index is 13.7. The van der Waals surface area contributed by atoms with E-state index in [1.54, 1.807) is 0 Å². The van der Waals surface area contributed by atoms with Gasteiger partial charge in [0.25, 0.3) is 0 Å². The summed E-state index contributed by atoms with van der Waals surface area (Å²) in [5.74, 6) is -4.14. The van der Waals surface area contributed by atoms with Crippen molar-refractivity contribution in [3.05, 3.63) is 23.6 Å². The summed E-state index contributed by atoms with van der Waals surface area (Å²) in [7, 11) is 0. The Balaban J connectivity index is 2.42. The average molecular weight is 292 g/mol. The molecule has 0 bridgehead atoms. The van der Waals surface area contributed by atoms with Gasteiger partial charge in [0.05, 0.1) is 5.56 Å². The average Bonchev–Trinajstić information content (AvgIpc) is 2.70. The van der Waals surface area contributed by atoms with Crippen LogP contribution in [0.4, 0.5) is 23.4 Å². The van der Waals surface area contributed by atoms with E-state index < -0.39 is 41.3 Å². The van der Waals surface area contributed by atoms with E-state index in [-0.39, 0.29) is 18.9 Å². The monoisotopic (exact) mass is 292 g/mol. The molecule has 1 aromatic rings. The topological polar surface area (TPSA) is 70.5 Å². The Kier molecular flexibility index (Phi) is 3.36. The van der Waals surface area contributed by atoms with Crippen LogP contribution in [-0.4, -0.2) is 28.0 Å². The van der Waals surface area contributed by atoms with Gasteiger partial charge >= 0.3 is 12.1 Å². The van der Waals surface area contributed by atoms with Crippen molar-refractivity contribution in [2.75, 3.05) is 4.90 Å². The van der Waals surface area contributed by atoms with Crippen LogP contribution < -0.4 is 4.90 Å². The number of nitrogens with zero attached hydrogens (tertiary/aromatic N) is 2. The Morgan fingerprint density at radius 3 is 2.60 bits per heavy atom. The molecule has 1 fully saturated rings. The predicted molar refractivity (Wildman–Crippen MR) is 57.3 cm³/mol. The Hall–Kier alpha value is -2.19. The number of carbonyl (C=O) groups excluding carboxylic acids is 1. The minimum atomic E-state index is -4.77. The molecule has 0 aliphatic carbocycles. The maximum Gasteiger partial charge on any atom is 0.417 e. The molecule has 1 saturated heterocycles. The van der Waals surface area contributed by atoms with Gasteiger partial charge in [-0.25, -0.2) is 14.2 Å². The minimum Gasteiger partial charge on any atom is -0.480 e. The van der Waals surface area contributed by atoms with E-state index in [1.807, 2.05) is 0 Å². The number of pyridine rings is 1. The van der Waals surface area contributed by atoms with Crippen molar-refractivity contribution in [3.8, 4) is 0 Å². The lowest BCUT2D eigenvalue weighted by atomic mass is 10.2. The van der Waals surface area contributed by atoms with Gasteiger partial charge in [-0.05, 0) is 12.5 Å². The molecule has 1 aliphatic heterocycles. The number of hydrogen-bond acceptors (Lipinski definition) is 3. The molecule has 1 unspecified atom stereocenters. The number of halogens is 4. The molecule has 9 heteroatoms. The lowest BCUT2D eigenvalue weighted by molar-refractivity contribution is -0.139. The van der Waals surface area contributed by atoms with Crippen LogP contribution >= 0.6 is 0 Å². The quantitative estimate of drug-likeness (QED) is 0.844. The van der Waals surface area contributed by atoms with Gasteiger partial charge in [-0.15, -0.1) is 0 Å². The molecule has 108 valence electrons. The molecular weight excluding hydrogens is 284 g/mol.